The first-order valence-electron chi connectivity index (χ1n) is 5.28. The van der Waals surface area contributed by atoms with Gasteiger partial charge in [0.1, 0.15) is 0 Å². The van der Waals surface area contributed by atoms with Crippen LogP contribution in [0.4, 0.5) is 0 Å². The summed E-state index contributed by atoms with van der Waals surface area (Å²) in [6, 6.07) is 7.91. The van der Waals surface area contributed by atoms with E-state index in [1.165, 1.54) is 5.56 Å². The molecule has 1 heterocycles. The summed E-state index contributed by atoms with van der Waals surface area (Å²) in [6.45, 7) is 4.37. The van der Waals surface area contributed by atoms with Crippen LogP contribution in [0.2, 0.25) is 0 Å². The molecule has 1 aromatic carbocycles. The molecule has 0 aliphatic carbocycles. The number of aromatic nitrogens is 1. The topological polar surface area (TPSA) is 32.9 Å². The van der Waals surface area contributed by atoms with Gasteiger partial charge in [-0.05, 0) is 35.4 Å². The Morgan fingerprint density at radius 3 is 2.73 bits per heavy atom. The summed E-state index contributed by atoms with van der Waals surface area (Å²) in [7, 11) is 0. The van der Waals surface area contributed by atoms with Gasteiger partial charge in [0, 0.05) is 11.6 Å². The number of H-pyrrole nitrogens is 1. The molecule has 1 N–H and O–H groups in total. The summed E-state index contributed by atoms with van der Waals surface area (Å²) in [4.78, 5) is 14.3. The molecule has 0 atom stereocenters. The highest BCUT2D eigenvalue weighted by molar-refractivity contribution is 5.84. The minimum atomic E-state index is -0.00175. The smallest absolute Gasteiger partial charge is 0.255 e. The Morgan fingerprint density at radius 1 is 1.20 bits per heavy atom. The van der Waals surface area contributed by atoms with Gasteiger partial charge in [-0.25, -0.2) is 0 Å². The molecular weight excluding hydrogens is 186 g/mol. The summed E-state index contributed by atoms with van der Waals surface area (Å²) in [5, 5.41) is 1.87. The average molecular weight is 201 g/mol. The number of aromatic amines is 1. The van der Waals surface area contributed by atoms with E-state index in [9.17, 15) is 4.79 Å². The maximum atomic E-state index is 11.6. The van der Waals surface area contributed by atoms with Gasteiger partial charge in [0.05, 0.1) is 0 Å². The lowest BCUT2D eigenvalue weighted by Gasteiger charge is -2.07. The largest absolute Gasteiger partial charge is 0.329 e. The van der Waals surface area contributed by atoms with Crippen molar-refractivity contribution in [1.29, 1.82) is 0 Å². The molecule has 0 saturated heterocycles. The van der Waals surface area contributed by atoms with Gasteiger partial charge in [-0.2, -0.15) is 0 Å². The Morgan fingerprint density at radius 2 is 2.00 bits per heavy atom. The first-order chi connectivity index (χ1) is 7.18. The maximum Gasteiger partial charge on any atom is 0.255 e. The molecule has 78 valence electrons. The third-order valence-electron chi connectivity index (χ3n) is 2.53. The number of nitrogens with one attached hydrogen (secondary N) is 1. The predicted molar refractivity (Wildman–Crippen MR) is 63.1 cm³/mol. The van der Waals surface area contributed by atoms with Crippen molar-refractivity contribution in [3.8, 4) is 0 Å². The normalized spacial score (nSPS) is 11.1. The number of fused-ring (bicyclic) bond motifs is 1. The number of pyridine rings is 1. The average Bonchev–Trinajstić information content (AvgIpc) is 2.19. The van der Waals surface area contributed by atoms with E-state index in [0.717, 1.165) is 17.2 Å². The van der Waals surface area contributed by atoms with Crippen molar-refractivity contribution >= 4 is 10.8 Å². The fourth-order valence-electron chi connectivity index (χ4n) is 1.90. The molecule has 0 aliphatic rings. The molecule has 1 aromatic heterocycles. The lowest BCUT2D eigenvalue weighted by Crippen LogP contribution is -2.06. The van der Waals surface area contributed by atoms with Crippen molar-refractivity contribution in [2.75, 3.05) is 0 Å². The molecule has 0 spiro atoms. The molecule has 2 aromatic rings. The van der Waals surface area contributed by atoms with E-state index >= 15 is 0 Å². The van der Waals surface area contributed by atoms with Crippen molar-refractivity contribution in [3.63, 3.8) is 0 Å². The first-order valence-corrected chi connectivity index (χ1v) is 5.28. The van der Waals surface area contributed by atoms with E-state index in [0.29, 0.717) is 5.92 Å². The quantitative estimate of drug-likeness (QED) is 0.796. The minimum Gasteiger partial charge on any atom is -0.329 e. The first kappa shape index (κ1) is 9.97. The molecule has 0 unspecified atom stereocenters. The van der Waals surface area contributed by atoms with Crippen LogP contribution in [0.1, 0.15) is 19.4 Å². The summed E-state index contributed by atoms with van der Waals surface area (Å²) in [5.74, 6) is 0.606. The second-order valence-corrected chi connectivity index (χ2v) is 4.28. The molecule has 0 aliphatic heterocycles. The molecule has 0 fully saturated rings. The summed E-state index contributed by atoms with van der Waals surface area (Å²) < 4.78 is 0. The Bertz CT molecular complexity index is 525. The Balaban J connectivity index is 2.66. The van der Waals surface area contributed by atoms with E-state index < -0.39 is 0 Å². The van der Waals surface area contributed by atoms with Crippen molar-refractivity contribution in [2.24, 2.45) is 5.92 Å². The number of benzene rings is 1. The molecule has 15 heavy (non-hydrogen) atoms. The fourth-order valence-corrected chi connectivity index (χ4v) is 1.90. The second kappa shape index (κ2) is 3.89. The van der Waals surface area contributed by atoms with E-state index in [4.69, 9.17) is 0 Å². The van der Waals surface area contributed by atoms with E-state index in [1.54, 1.807) is 6.20 Å². The molecule has 0 saturated carbocycles. The van der Waals surface area contributed by atoms with Gasteiger partial charge < -0.3 is 4.98 Å². The van der Waals surface area contributed by atoms with Gasteiger partial charge >= 0.3 is 0 Å². The van der Waals surface area contributed by atoms with Crippen LogP contribution in [0.3, 0.4) is 0 Å². The van der Waals surface area contributed by atoms with Crippen LogP contribution >= 0.6 is 0 Å². The molecular formula is C13H15NO. The SMILES string of the molecule is CC(C)Cc1cccc2c(=O)[nH]ccc12. The lowest BCUT2D eigenvalue weighted by atomic mass is 9.98. The molecule has 2 rings (SSSR count). The van der Waals surface area contributed by atoms with Crippen molar-refractivity contribution in [3.05, 3.63) is 46.4 Å². The van der Waals surface area contributed by atoms with Crippen molar-refractivity contribution < 1.29 is 0 Å². The van der Waals surface area contributed by atoms with Crippen molar-refractivity contribution in [2.45, 2.75) is 20.3 Å². The molecule has 2 heteroatoms. The Hall–Kier alpha value is -1.57. The molecule has 0 bridgehead atoms. The third kappa shape index (κ3) is 1.94. The van der Waals surface area contributed by atoms with Gasteiger partial charge in [0.15, 0.2) is 0 Å². The maximum absolute atomic E-state index is 11.6. The van der Waals surface area contributed by atoms with Crippen LogP contribution in [-0.4, -0.2) is 4.98 Å². The van der Waals surface area contributed by atoms with E-state index in [1.807, 2.05) is 18.2 Å². The van der Waals surface area contributed by atoms with Gasteiger partial charge in [-0.15, -0.1) is 0 Å². The number of hydrogen-bond acceptors (Lipinski definition) is 1. The summed E-state index contributed by atoms with van der Waals surface area (Å²) >= 11 is 0. The van der Waals surface area contributed by atoms with Crippen LogP contribution < -0.4 is 5.56 Å². The standard InChI is InChI=1S/C13H15NO/c1-9(2)8-10-4-3-5-12-11(10)6-7-14-13(12)15/h3-7,9H,8H2,1-2H3,(H,14,15). The zero-order chi connectivity index (χ0) is 10.8. The fraction of sp³-hybridized carbons (Fsp3) is 0.308. The second-order valence-electron chi connectivity index (χ2n) is 4.28. The van der Waals surface area contributed by atoms with E-state index in [2.05, 4.69) is 24.9 Å². The summed E-state index contributed by atoms with van der Waals surface area (Å²) in [6.07, 6.45) is 2.73. The molecule has 0 amide bonds. The minimum absolute atomic E-state index is 0.00175. The van der Waals surface area contributed by atoms with Crippen LogP contribution in [0.25, 0.3) is 10.8 Å². The monoisotopic (exact) mass is 201 g/mol. The summed E-state index contributed by atoms with van der Waals surface area (Å²) in [5.41, 5.74) is 1.26. The van der Waals surface area contributed by atoms with Crippen LogP contribution in [0.15, 0.2) is 35.3 Å². The van der Waals surface area contributed by atoms with Crippen LogP contribution in [0.5, 0.6) is 0 Å². The van der Waals surface area contributed by atoms with Gasteiger partial charge in [-0.3, -0.25) is 4.79 Å². The highest BCUT2D eigenvalue weighted by atomic mass is 16.1. The zero-order valence-corrected chi connectivity index (χ0v) is 9.08. The highest BCUT2D eigenvalue weighted by Crippen LogP contribution is 2.18. The van der Waals surface area contributed by atoms with Crippen LogP contribution in [-0.2, 0) is 6.42 Å². The molecule has 0 radical (unpaired) electrons. The van der Waals surface area contributed by atoms with Crippen molar-refractivity contribution in [1.82, 2.24) is 4.98 Å². The Labute approximate surface area is 89.0 Å². The third-order valence-corrected chi connectivity index (χ3v) is 2.53. The number of rotatable bonds is 2. The van der Waals surface area contributed by atoms with Gasteiger partial charge in [0.2, 0.25) is 0 Å². The van der Waals surface area contributed by atoms with Crippen LogP contribution in [0, 0.1) is 5.92 Å². The van der Waals surface area contributed by atoms with Gasteiger partial charge in [-0.1, -0.05) is 26.0 Å². The zero-order valence-electron chi connectivity index (χ0n) is 9.08. The molecule has 2 nitrogen and oxygen atoms in total. The van der Waals surface area contributed by atoms with E-state index in [-0.39, 0.29) is 5.56 Å². The predicted octanol–water partition coefficient (Wildman–Crippen LogP) is 2.73. The number of hydrogen-bond donors (Lipinski definition) is 1. The van der Waals surface area contributed by atoms with Gasteiger partial charge in [0.25, 0.3) is 5.56 Å². The highest BCUT2D eigenvalue weighted by Gasteiger charge is 2.04. The Kier molecular flexibility index (Phi) is 2.58. The lowest BCUT2D eigenvalue weighted by molar-refractivity contribution is 0.650.